The first-order valence-electron chi connectivity index (χ1n) is 11.5. The topological polar surface area (TPSA) is 139 Å². The van der Waals surface area contributed by atoms with Crippen LogP contribution in [0.5, 0.6) is 11.5 Å². The number of furan rings is 1. The van der Waals surface area contributed by atoms with Gasteiger partial charge in [-0.2, -0.15) is 13.2 Å². The molecule has 0 spiro atoms. The standard InChI is InChI=1S/C24H21BrF3N5O7S/c1-14(12-16-10-9-15(25)13-29-16)41(35,36)33(40-22(34)24(26,27)28)23-31-30-21(19-8-5-11-39-19)32(23)20-17(37-2)6-4-7-18(20)38-3/h4-11,13-14H,12H2,1-3H3. The van der Waals surface area contributed by atoms with Crippen LogP contribution in [0.4, 0.5) is 19.1 Å². The van der Waals surface area contributed by atoms with Crippen LogP contribution in [0.3, 0.4) is 0 Å². The molecule has 218 valence electrons. The summed E-state index contributed by atoms with van der Waals surface area (Å²) in [6.45, 7) is 1.21. The summed E-state index contributed by atoms with van der Waals surface area (Å²) in [6, 6.07) is 10.6. The minimum atomic E-state index is -5.55. The molecule has 0 aliphatic heterocycles. The second-order valence-corrected chi connectivity index (χ2v) is 11.4. The summed E-state index contributed by atoms with van der Waals surface area (Å²) < 4.78 is 85.5. The van der Waals surface area contributed by atoms with Crippen LogP contribution in [0.2, 0.25) is 0 Å². The summed E-state index contributed by atoms with van der Waals surface area (Å²) in [6.07, 6.45) is -3.09. The molecular weight excluding hydrogens is 639 g/mol. The Morgan fingerprint density at radius 3 is 2.32 bits per heavy atom. The molecule has 0 fully saturated rings. The number of para-hydroxylation sites is 1. The van der Waals surface area contributed by atoms with E-state index in [-0.39, 0.29) is 39.7 Å². The van der Waals surface area contributed by atoms with Gasteiger partial charge in [-0.3, -0.25) is 4.98 Å². The fourth-order valence-corrected chi connectivity index (χ4v) is 5.10. The molecule has 0 aliphatic rings. The number of hydrogen-bond donors (Lipinski definition) is 0. The largest absolute Gasteiger partial charge is 0.494 e. The van der Waals surface area contributed by atoms with E-state index in [1.165, 1.54) is 63.9 Å². The third-order valence-corrected chi connectivity index (χ3v) is 7.95. The Morgan fingerprint density at radius 2 is 1.78 bits per heavy atom. The number of aromatic nitrogens is 4. The summed E-state index contributed by atoms with van der Waals surface area (Å²) in [4.78, 5) is 20.7. The van der Waals surface area contributed by atoms with E-state index in [1.54, 1.807) is 12.1 Å². The Hall–Kier alpha value is -4.12. The highest BCUT2D eigenvalue weighted by molar-refractivity contribution is 9.10. The SMILES string of the molecule is COc1cccc(OC)c1-n1c(-c2ccco2)nnc1N(OC(=O)C(F)(F)F)S(=O)(=O)C(C)Cc1ccc(Br)cn1. The molecular formula is C24H21BrF3N5O7S. The molecule has 0 N–H and O–H groups in total. The summed E-state index contributed by atoms with van der Waals surface area (Å²) in [5, 5.41) is 6.31. The van der Waals surface area contributed by atoms with Gasteiger partial charge in [0.1, 0.15) is 17.2 Å². The Kier molecular flexibility index (Phi) is 8.58. The van der Waals surface area contributed by atoms with Crippen molar-refractivity contribution >= 4 is 37.9 Å². The lowest BCUT2D eigenvalue weighted by atomic mass is 10.2. The Labute approximate surface area is 239 Å². The highest BCUT2D eigenvalue weighted by Gasteiger charge is 2.47. The van der Waals surface area contributed by atoms with Crippen molar-refractivity contribution in [1.82, 2.24) is 19.7 Å². The van der Waals surface area contributed by atoms with Crippen LogP contribution in [-0.2, 0) is 26.1 Å². The van der Waals surface area contributed by atoms with E-state index < -0.39 is 33.4 Å². The second-order valence-electron chi connectivity index (χ2n) is 8.28. The van der Waals surface area contributed by atoms with Gasteiger partial charge in [0.15, 0.2) is 5.76 Å². The zero-order chi connectivity index (χ0) is 29.9. The van der Waals surface area contributed by atoms with E-state index in [1.807, 2.05) is 0 Å². The van der Waals surface area contributed by atoms with Crippen molar-refractivity contribution in [1.29, 1.82) is 0 Å². The van der Waals surface area contributed by atoms with Crippen LogP contribution in [0, 0.1) is 0 Å². The molecule has 1 atom stereocenters. The molecule has 0 radical (unpaired) electrons. The van der Waals surface area contributed by atoms with Crippen molar-refractivity contribution in [2.75, 3.05) is 18.7 Å². The lowest BCUT2D eigenvalue weighted by molar-refractivity contribution is -0.199. The van der Waals surface area contributed by atoms with Gasteiger partial charge in [-0.1, -0.05) is 10.5 Å². The van der Waals surface area contributed by atoms with Crippen molar-refractivity contribution in [3.05, 3.63) is 65.1 Å². The number of halogens is 4. The van der Waals surface area contributed by atoms with E-state index in [0.29, 0.717) is 10.2 Å². The van der Waals surface area contributed by atoms with E-state index in [9.17, 15) is 26.4 Å². The molecule has 3 heterocycles. The molecule has 0 saturated heterocycles. The van der Waals surface area contributed by atoms with Gasteiger partial charge >= 0.3 is 12.1 Å². The number of rotatable bonds is 10. The van der Waals surface area contributed by atoms with Gasteiger partial charge in [-0.25, -0.2) is 17.8 Å². The van der Waals surface area contributed by atoms with E-state index in [0.717, 1.165) is 4.57 Å². The van der Waals surface area contributed by atoms with Crippen LogP contribution in [0.25, 0.3) is 17.3 Å². The molecule has 4 aromatic rings. The van der Waals surface area contributed by atoms with Crippen molar-refractivity contribution in [2.45, 2.75) is 24.8 Å². The summed E-state index contributed by atoms with van der Waals surface area (Å²) in [5.41, 5.74) is 0.282. The quantitative estimate of drug-likeness (QED) is 0.224. The summed E-state index contributed by atoms with van der Waals surface area (Å²) >= 11 is 3.22. The number of carbonyl (C=O) groups is 1. The van der Waals surface area contributed by atoms with E-state index in [4.69, 9.17) is 13.9 Å². The number of ether oxygens (including phenoxy) is 2. The molecule has 12 nitrogen and oxygen atoms in total. The van der Waals surface area contributed by atoms with Gasteiger partial charge in [-0.05, 0) is 59.3 Å². The van der Waals surface area contributed by atoms with Gasteiger partial charge in [0.25, 0.3) is 16.0 Å². The van der Waals surface area contributed by atoms with Crippen LogP contribution in [0.1, 0.15) is 12.6 Å². The Bertz CT molecular complexity index is 1610. The van der Waals surface area contributed by atoms with Crippen molar-refractivity contribution in [3.8, 4) is 28.8 Å². The average Bonchev–Trinajstić information content (AvgIpc) is 3.61. The molecule has 0 bridgehead atoms. The predicted octanol–water partition coefficient (Wildman–Crippen LogP) is 4.49. The number of alkyl halides is 3. The number of nitrogens with zero attached hydrogens (tertiary/aromatic N) is 5. The van der Waals surface area contributed by atoms with Gasteiger partial charge in [0, 0.05) is 22.8 Å². The second kappa shape index (κ2) is 11.8. The minimum absolute atomic E-state index is 0.0191. The van der Waals surface area contributed by atoms with Crippen molar-refractivity contribution < 1.29 is 45.1 Å². The van der Waals surface area contributed by atoms with Crippen LogP contribution < -0.4 is 13.9 Å². The van der Waals surface area contributed by atoms with Crippen LogP contribution >= 0.6 is 15.9 Å². The third kappa shape index (κ3) is 6.14. The number of carbonyl (C=O) groups excluding carboxylic acids is 1. The highest BCUT2D eigenvalue weighted by atomic mass is 79.9. The molecule has 1 aromatic carbocycles. The maximum Gasteiger partial charge on any atom is 0.493 e. The highest BCUT2D eigenvalue weighted by Crippen LogP contribution is 2.39. The number of pyridine rings is 1. The third-order valence-electron chi connectivity index (χ3n) is 5.60. The molecule has 17 heteroatoms. The molecule has 0 amide bonds. The van der Waals surface area contributed by atoms with Gasteiger partial charge in [0.05, 0.1) is 25.7 Å². The lowest BCUT2D eigenvalue weighted by Gasteiger charge is -2.26. The maximum absolute atomic E-state index is 13.8. The van der Waals surface area contributed by atoms with Gasteiger partial charge < -0.3 is 18.7 Å². The Morgan fingerprint density at radius 1 is 1.10 bits per heavy atom. The van der Waals surface area contributed by atoms with Crippen molar-refractivity contribution in [2.24, 2.45) is 0 Å². The molecule has 0 aliphatic carbocycles. The number of methoxy groups -OCH3 is 2. The first kappa shape index (κ1) is 29.9. The van der Waals surface area contributed by atoms with Gasteiger partial charge in [-0.15, -0.1) is 10.2 Å². The number of hydrogen-bond acceptors (Lipinski definition) is 10. The molecule has 41 heavy (non-hydrogen) atoms. The fraction of sp³-hybridized carbons (Fsp3) is 0.250. The van der Waals surface area contributed by atoms with Crippen molar-refractivity contribution in [3.63, 3.8) is 0 Å². The lowest BCUT2D eigenvalue weighted by Crippen LogP contribution is -2.44. The van der Waals surface area contributed by atoms with Crippen LogP contribution in [-0.4, -0.2) is 59.8 Å². The molecule has 3 aromatic heterocycles. The number of anilines is 1. The predicted molar refractivity (Wildman–Crippen MR) is 141 cm³/mol. The molecule has 4 rings (SSSR count). The zero-order valence-electron chi connectivity index (χ0n) is 21.5. The summed E-state index contributed by atoms with van der Waals surface area (Å²) in [5.74, 6) is -3.60. The van der Waals surface area contributed by atoms with E-state index in [2.05, 4.69) is 35.9 Å². The van der Waals surface area contributed by atoms with Gasteiger partial charge in [0.2, 0.25) is 5.82 Å². The summed E-state index contributed by atoms with van der Waals surface area (Å²) in [7, 11) is -2.33. The monoisotopic (exact) mass is 659 g/mol. The number of sulfonamides is 1. The minimum Gasteiger partial charge on any atom is -0.494 e. The molecule has 0 saturated carbocycles. The Balaban J connectivity index is 1.96. The first-order chi connectivity index (χ1) is 19.4. The van der Waals surface area contributed by atoms with Crippen LogP contribution in [0.15, 0.2) is 63.8 Å². The number of benzene rings is 1. The smallest absolute Gasteiger partial charge is 0.493 e. The average molecular weight is 660 g/mol. The fourth-order valence-electron chi connectivity index (χ4n) is 3.64. The normalized spacial score (nSPS) is 12.6. The van der Waals surface area contributed by atoms with E-state index >= 15 is 0 Å². The zero-order valence-corrected chi connectivity index (χ0v) is 23.9. The molecule has 1 unspecified atom stereocenters. The first-order valence-corrected chi connectivity index (χ1v) is 13.8. The maximum atomic E-state index is 13.8.